The summed E-state index contributed by atoms with van der Waals surface area (Å²) >= 11 is 0. The molecule has 0 heterocycles. The van der Waals surface area contributed by atoms with Crippen LogP contribution in [-0.2, 0) is 4.79 Å². The molecule has 0 aliphatic heterocycles. The molecule has 0 aliphatic carbocycles. The molecule has 0 fully saturated rings. The molecule has 13 heavy (non-hydrogen) atoms. The van der Waals surface area contributed by atoms with E-state index in [4.69, 9.17) is 0 Å². The number of carbonyl (C=O) groups is 1. The van der Waals surface area contributed by atoms with Crippen LogP contribution in [0.4, 0.5) is 4.39 Å². The number of carbonyl (C=O) groups excluding carboxylic acids is 1. The van der Waals surface area contributed by atoms with Gasteiger partial charge >= 0.3 is 0 Å². The molecule has 0 saturated carbocycles. The second-order valence-corrected chi connectivity index (χ2v) is 2.48. The van der Waals surface area contributed by atoms with Crippen LogP contribution in [0.25, 0.3) is 6.08 Å². The Balaban J connectivity index is 2.88. The van der Waals surface area contributed by atoms with E-state index >= 15 is 0 Å². The highest BCUT2D eigenvalue weighted by Gasteiger charge is 2.01. The molecule has 0 spiro atoms. The first-order chi connectivity index (χ1) is 6.25. The van der Waals surface area contributed by atoms with Crippen LogP contribution >= 0.6 is 0 Å². The van der Waals surface area contributed by atoms with Crippen molar-refractivity contribution in [2.75, 3.05) is 0 Å². The highest BCUT2D eigenvalue weighted by atomic mass is 19.1. The van der Waals surface area contributed by atoms with Gasteiger partial charge in [0.1, 0.15) is 6.29 Å². The van der Waals surface area contributed by atoms with Gasteiger partial charge in [-0.1, -0.05) is 24.3 Å². The molecule has 68 valence electrons. The SMILES string of the molecule is O=CCC=Cc1cccc(F)c1O. The monoisotopic (exact) mass is 180 g/mol. The van der Waals surface area contributed by atoms with Crippen LogP contribution in [0.5, 0.6) is 5.75 Å². The summed E-state index contributed by atoms with van der Waals surface area (Å²) in [5.41, 5.74) is 0.377. The van der Waals surface area contributed by atoms with E-state index in [0.29, 0.717) is 5.56 Å². The first-order valence-electron chi connectivity index (χ1n) is 3.83. The first kappa shape index (κ1) is 9.45. The Morgan fingerprint density at radius 3 is 2.92 bits per heavy atom. The smallest absolute Gasteiger partial charge is 0.165 e. The number of halogens is 1. The van der Waals surface area contributed by atoms with Gasteiger partial charge in [-0.25, -0.2) is 4.39 Å². The lowest BCUT2D eigenvalue weighted by atomic mass is 10.1. The van der Waals surface area contributed by atoms with Crippen LogP contribution in [0.15, 0.2) is 24.3 Å². The second kappa shape index (κ2) is 4.40. The molecule has 0 amide bonds. The lowest BCUT2D eigenvalue weighted by Crippen LogP contribution is -1.79. The van der Waals surface area contributed by atoms with Gasteiger partial charge in [0.15, 0.2) is 11.6 Å². The number of phenolic OH excluding ortho intramolecular Hbond substituents is 1. The molecule has 1 aromatic rings. The quantitative estimate of drug-likeness (QED) is 0.723. The van der Waals surface area contributed by atoms with Crippen LogP contribution in [0.1, 0.15) is 12.0 Å². The fourth-order valence-electron chi connectivity index (χ4n) is 0.917. The fraction of sp³-hybridized carbons (Fsp3) is 0.100. The molecule has 0 bridgehead atoms. The Kier molecular flexibility index (Phi) is 3.20. The summed E-state index contributed by atoms with van der Waals surface area (Å²) in [5.74, 6) is -1.04. The van der Waals surface area contributed by atoms with Crippen molar-refractivity contribution in [2.24, 2.45) is 0 Å². The summed E-state index contributed by atoms with van der Waals surface area (Å²) < 4.78 is 12.7. The third-order valence-corrected chi connectivity index (χ3v) is 1.55. The predicted octanol–water partition coefficient (Wildman–Crippen LogP) is 2.13. The summed E-state index contributed by atoms with van der Waals surface area (Å²) in [6, 6.07) is 4.24. The molecule has 1 rings (SSSR count). The number of aromatic hydroxyl groups is 1. The zero-order valence-corrected chi connectivity index (χ0v) is 6.90. The number of allylic oxidation sites excluding steroid dienone is 1. The van der Waals surface area contributed by atoms with Gasteiger partial charge in [-0.2, -0.15) is 0 Å². The van der Waals surface area contributed by atoms with E-state index in [1.165, 1.54) is 18.2 Å². The molecule has 0 unspecified atom stereocenters. The normalized spacial score (nSPS) is 10.5. The highest BCUT2D eigenvalue weighted by molar-refractivity contribution is 5.61. The molecule has 0 aromatic heterocycles. The average molecular weight is 180 g/mol. The van der Waals surface area contributed by atoms with Crippen molar-refractivity contribution in [1.82, 2.24) is 0 Å². The van der Waals surface area contributed by atoms with Crippen molar-refractivity contribution in [2.45, 2.75) is 6.42 Å². The molecule has 3 heteroatoms. The highest BCUT2D eigenvalue weighted by Crippen LogP contribution is 2.21. The van der Waals surface area contributed by atoms with E-state index in [9.17, 15) is 14.3 Å². The number of hydrogen-bond donors (Lipinski definition) is 1. The topological polar surface area (TPSA) is 37.3 Å². The Morgan fingerprint density at radius 1 is 1.46 bits per heavy atom. The molecule has 2 nitrogen and oxygen atoms in total. The van der Waals surface area contributed by atoms with Gasteiger partial charge in [-0.15, -0.1) is 0 Å². The number of benzene rings is 1. The van der Waals surface area contributed by atoms with E-state index in [2.05, 4.69) is 0 Å². The van der Waals surface area contributed by atoms with Gasteiger partial charge in [0.05, 0.1) is 0 Å². The minimum atomic E-state index is -0.659. The maximum Gasteiger partial charge on any atom is 0.165 e. The number of rotatable bonds is 3. The molecular formula is C10H9FO2. The minimum Gasteiger partial charge on any atom is -0.504 e. The van der Waals surface area contributed by atoms with E-state index in [1.807, 2.05) is 0 Å². The third kappa shape index (κ3) is 2.40. The zero-order valence-electron chi connectivity index (χ0n) is 6.90. The lowest BCUT2D eigenvalue weighted by Gasteiger charge is -1.98. The molecule has 0 saturated heterocycles. The summed E-state index contributed by atoms with van der Waals surface area (Å²) in [4.78, 5) is 9.96. The summed E-state index contributed by atoms with van der Waals surface area (Å²) in [7, 11) is 0. The summed E-state index contributed by atoms with van der Waals surface area (Å²) in [6.45, 7) is 0. The Labute approximate surface area is 75.3 Å². The number of aldehydes is 1. The fourth-order valence-corrected chi connectivity index (χ4v) is 0.917. The number of hydrogen-bond acceptors (Lipinski definition) is 2. The molecule has 0 aliphatic rings. The van der Waals surface area contributed by atoms with Crippen molar-refractivity contribution in [3.63, 3.8) is 0 Å². The van der Waals surface area contributed by atoms with Crippen LogP contribution in [-0.4, -0.2) is 11.4 Å². The van der Waals surface area contributed by atoms with Gasteiger partial charge in [-0.05, 0) is 6.07 Å². The van der Waals surface area contributed by atoms with Gasteiger partial charge in [0, 0.05) is 12.0 Å². The van der Waals surface area contributed by atoms with E-state index in [1.54, 1.807) is 12.1 Å². The van der Waals surface area contributed by atoms with Crippen molar-refractivity contribution < 1.29 is 14.3 Å². The Bertz CT molecular complexity index is 332. The van der Waals surface area contributed by atoms with Crippen LogP contribution in [0.3, 0.4) is 0 Å². The van der Waals surface area contributed by atoms with Crippen LogP contribution in [0.2, 0.25) is 0 Å². The third-order valence-electron chi connectivity index (χ3n) is 1.55. The van der Waals surface area contributed by atoms with Crippen molar-refractivity contribution in [3.8, 4) is 5.75 Å². The predicted molar refractivity (Wildman–Crippen MR) is 47.8 cm³/mol. The van der Waals surface area contributed by atoms with Gasteiger partial charge in [0.2, 0.25) is 0 Å². The number of para-hydroxylation sites is 1. The van der Waals surface area contributed by atoms with E-state index in [-0.39, 0.29) is 12.2 Å². The molecular weight excluding hydrogens is 171 g/mol. The summed E-state index contributed by atoms with van der Waals surface area (Å²) in [6.07, 6.45) is 4.05. The molecule has 1 N–H and O–H groups in total. The Hall–Kier alpha value is -1.64. The molecule has 0 radical (unpaired) electrons. The standard InChI is InChI=1S/C10H9FO2/c11-9-6-3-5-8(10(9)13)4-1-2-7-12/h1,3-7,13H,2H2. The van der Waals surface area contributed by atoms with Crippen molar-refractivity contribution >= 4 is 12.4 Å². The zero-order chi connectivity index (χ0) is 9.68. The minimum absolute atomic E-state index is 0.260. The van der Waals surface area contributed by atoms with Crippen molar-refractivity contribution in [3.05, 3.63) is 35.7 Å². The average Bonchev–Trinajstić information content (AvgIpc) is 2.13. The molecule has 1 aromatic carbocycles. The van der Waals surface area contributed by atoms with E-state index in [0.717, 1.165) is 6.29 Å². The summed E-state index contributed by atoms with van der Waals surface area (Å²) in [5, 5.41) is 9.18. The van der Waals surface area contributed by atoms with E-state index < -0.39 is 5.82 Å². The maximum absolute atomic E-state index is 12.7. The Morgan fingerprint density at radius 2 is 2.23 bits per heavy atom. The first-order valence-corrected chi connectivity index (χ1v) is 3.83. The van der Waals surface area contributed by atoms with Crippen molar-refractivity contribution in [1.29, 1.82) is 0 Å². The van der Waals surface area contributed by atoms with Crippen LogP contribution in [0, 0.1) is 5.82 Å². The van der Waals surface area contributed by atoms with Gasteiger partial charge in [-0.3, -0.25) is 0 Å². The second-order valence-electron chi connectivity index (χ2n) is 2.48. The van der Waals surface area contributed by atoms with Gasteiger partial charge in [0.25, 0.3) is 0 Å². The van der Waals surface area contributed by atoms with Crippen LogP contribution < -0.4 is 0 Å². The largest absolute Gasteiger partial charge is 0.504 e. The maximum atomic E-state index is 12.7. The van der Waals surface area contributed by atoms with Gasteiger partial charge < -0.3 is 9.90 Å². The number of phenols is 1. The lowest BCUT2D eigenvalue weighted by molar-refractivity contribution is -0.107. The molecule has 0 atom stereocenters.